The number of carbonyl (C=O) groups is 1. The normalized spacial score (nSPS) is 17.6. The Morgan fingerprint density at radius 1 is 0.935 bits per heavy atom. The molecule has 0 bridgehead atoms. The van der Waals surface area contributed by atoms with Crippen molar-refractivity contribution in [2.24, 2.45) is 0 Å². The van der Waals surface area contributed by atoms with Crippen molar-refractivity contribution in [2.45, 2.75) is 12.5 Å². The second-order valence-electron chi connectivity index (χ2n) is 7.99. The highest BCUT2D eigenvalue weighted by atomic mass is 32.1. The van der Waals surface area contributed by atoms with E-state index in [9.17, 15) is 4.79 Å². The average molecular weight is 432 g/mol. The Balaban J connectivity index is 1.31. The maximum atomic E-state index is 12.4. The zero-order chi connectivity index (χ0) is 21.5. The van der Waals surface area contributed by atoms with Crippen molar-refractivity contribution < 1.29 is 4.79 Å². The van der Waals surface area contributed by atoms with Crippen LogP contribution in [-0.4, -0.2) is 59.8 Å². The van der Waals surface area contributed by atoms with Gasteiger partial charge in [-0.05, 0) is 17.2 Å². The standard InChI is InChI=1S/C26H29N3OS/c30-26(23-13-7-8-14-24(23)31)27-15-16-28-17-19-29(20-18-28)25(21-9-3-1-4-10-21)22-11-5-2-6-12-22/h1-13,25H,14-20H2,(H,27,30). The molecule has 5 heteroatoms. The predicted octanol–water partition coefficient (Wildman–Crippen LogP) is 3.77. The third-order valence-corrected chi connectivity index (χ3v) is 6.35. The van der Waals surface area contributed by atoms with Gasteiger partial charge in [-0.2, -0.15) is 0 Å². The van der Waals surface area contributed by atoms with Crippen LogP contribution in [0.4, 0.5) is 0 Å². The molecule has 1 saturated heterocycles. The van der Waals surface area contributed by atoms with Gasteiger partial charge in [0.25, 0.3) is 5.91 Å². The molecule has 160 valence electrons. The Labute approximate surface area is 190 Å². The number of nitrogens with one attached hydrogen (secondary N) is 1. The lowest BCUT2D eigenvalue weighted by Gasteiger charge is -2.39. The number of rotatable bonds is 7. The molecule has 4 rings (SSSR count). The molecule has 0 unspecified atom stereocenters. The van der Waals surface area contributed by atoms with Gasteiger partial charge in [0.05, 0.1) is 11.6 Å². The van der Waals surface area contributed by atoms with Crippen molar-refractivity contribution in [3.05, 3.63) is 95.6 Å². The largest absolute Gasteiger partial charge is 0.351 e. The third kappa shape index (κ3) is 5.56. The van der Waals surface area contributed by atoms with Gasteiger partial charge in [-0.15, -0.1) is 0 Å². The quantitative estimate of drug-likeness (QED) is 0.677. The number of thiocarbonyl (C=S) groups is 1. The summed E-state index contributed by atoms with van der Waals surface area (Å²) in [6.07, 6.45) is 6.38. The lowest BCUT2D eigenvalue weighted by molar-refractivity contribution is -0.117. The molecule has 1 amide bonds. The summed E-state index contributed by atoms with van der Waals surface area (Å²) in [6, 6.07) is 21.8. The molecule has 2 aromatic carbocycles. The van der Waals surface area contributed by atoms with Gasteiger partial charge in [0.15, 0.2) is 0 Å². The van der Waals surface area contributed by atoms with E-state index in [2.05, 4.69) is 75.8 Å². The third-order valence-electron chi connectivity index (χ3n) is 5.96. The maximum absolute atomic E-state index is 12.4. The zero-order valence-electron chi connectivity index (χ0n) is 17.7. The molecule has 0 aromatic heterocycles. The van der Waals surface area contributed by atoms with Crippen LogP contribution in [0.15, 0.2) is 84.5 Å². The summed E-state index contributed by atoms with van der Waals surface area (Å²) in [5, 5.41) is 3.03. The van der Waals surface area contributed by atoms with E-state index in [-0.39, 0.29) is 11.9 Å². The highest BCUT2D eigenvalue weighted by Crippen LogP contribution is 2.29. The molecular weight excluding hydrogens is 402 g/mol. The van der Waals surface area contributed by atoms with Gasteiger partial charge in [-0.1, -0.05) is 85.0 Å². The van der Waals surface area contributed by atoms with Crippen LogP contribution < -0.4 is 5.32 Å². The average Bonchev–Trinajstić information content (AvgIpc) is 2.82. The fraction of sp³-hybridized carbons (Fsp3) is 0.308. The van der Waals surface area contributed by atoms with Crippen LogP contribution in [0.3, 0.4) is 0 Å². The summed E-state index contributed by atoms with van der Waals surface area (Å²) in [4.78, 5) is 18.1. The van der Waals surface area contributed by atoms with Crippen molar-refractivity contribution in [1.29, 1.82) is 0 Å². The fourth-order valence-corrected chi connectivity index (χ4v) is 4.55. The smallest absolute Gasteiger partial charge is 0.252 e. The second-order valence-corrected chi connectivity index (χ2v) is 8.49. The van der Waals surface area contributed by atoms with Crippen LogP contribution in [0.5, 0.6) is 0 Å². The van der Waals surface area contributed by atoms with E-state index in [1.807, 2.05) is 18.2 Å². The molecule has 1 N–H and O–H groups in total. The summed E-state index contributed by atoms with van der Waals surface area (Å²) in [5.41, 5.74) is 3.30. The van der Waals surface area contributed by atoms with Gasteiger partial charge in [0, 0.05) is 50.6 Å². The lowest BCUT2D eigenvalue weighted by Crippen LogP contribution is -2.49. The summed E-state index contributed by atoms with van der Waals surface area (Å²) >= 11 is 5.30. The first-order chi connectivity index (χ1) is 15.2. The van der Waals surface area contributed by atoms with Crippen molar-refractivity contribution in [3.8, 4) is 0 Å². The fourth-order valence-electron chi connectivity index (χ4n) is 4.30. The van der Waals surface area contributed by atoms with Crippen LogP contribution in [0.25, 0.3) is 0 Å². The minimum absolute atomic E-state index is 0.0544. The SMILES string of the molecule is O=C(NCCN1CCN(C(c2ccccc2)c2ccccc2)CC1)C1=CC=CCC1=S. The molecule has 4 nitrogen and oxygen atoms in total. The Morgan fingerprint density at radius 3 is 2.13 bits per heavy atom. The number of hydrogen-bond donors (Lipinski definition) is 1. The molecule has 2 aromatic rings. The van der Waals surface area contributed by atoms with E-state index in [0.29, 0.717) is 18.5 Å². The Morgan fingerprint density at radius 2 is 1.55 bits per heavy atom. The maximum Gasteiger partial charge on any atom is 0.252 e. The van der Waals surface area contributed by atoms with Crippen molar-refractivity contribution in [2.75, 3.05) is 39.3 Å². The summed E-state index contributed by atoms with van der Waals surface area (Å²) in [5.74, 6) is -0.0544. The molecular formula is C26H29N3OS. The molecule has 0 spiro atoms. The van der Waals surface area contributed by atoms with Gasteiger partial charge < -0.3 is 5.32 Å². The van der Waals surface area contributed by atoms with Crippen molar-refractivity contribution in [3.63, 3.8) is 0 Å². The van der Waals surface area contributed by atoms with Crippen LogP contribution >= 0.6 is 12.2 Å². The summed E-state index contributed by atoms with van der Waals surface area (Å²) in [6.45, 7) is 5.50. The number of amides is 1. The van der Waals surface area contributed by atoms with Gasteiger partial charge in [0.1, 0.15) is 0 Å². The first-order valence-corrected chi connectivity index (χ1v) is 11.4. The lowest BCUT2D eigenvalue weighted by atomic mass is 9.96. The highest BCUT2D eigenvalue weighted by molar-refractivity contribution is 7.81. The van der Waals surface area contributed by atoms with Crippen LogP contribution in [0.1, 0.15) is 23.6 Å². The van der Waals surface area contributed by atoms with E-state index < -0.39 is 0 Å². The number of piperazine rings is 1. The highest BCUT2D eigenvalue weighted by Gasteiger charge is 2.26. The van der Waals surface area contributed by atoms with E-state index in [0.717, 1.165) is 37.6 Å². The molecule has 1 heterocycles. The monoisotopic (exact) mass is 431 g/mol. The molecule has 1 fully saturated rings. The first-order valence-electron chi connectivity index (χ1n) is 11.0. The molecule has 0 radical (unpaired) electrons. The molecule has 31 heavy (non-hydrogen) atoms. The summed E-state index contributed by atoms with van der Waals surface area (Å²) < 4.78 is 0. The predicted molar refractivity (Wildman–Crippen MR) is 130 cm³/mol. The first kappa shape index (κ1) is 21.6. The minimum atomic E-state index is -0.0544. The van der Waals surface area contributed by atoms with E-state index >= 15 is 0 Å². The van der Waals surface area contributed by atoms with Crippen LogP contribution in [-0.2, 0) is 4.79 Å². The topological polar surface area (TPSA) is 35.6 Å². The zero-order valence-corrected chi connectivity index (χ0v) is 18.6. The number of hydrogen-bond acceptors (Lipinski definition) is 4. The van der Waals surface area contributed by atoms with Crippen LogP contribution in [0.2, 0.25) is 0 Å². The minimum Gasteiger partial charge on any atom is -0.351 e. The van der Waals surface area contributed by atoms with Crippen molar-refractivity contribution in [1.82, 2.24) is 15.1 Å². The summed E-state index contributed by atoms with van der Waals surface area (Å²) in [7, 11) is 0. The van der Waals surface area contributed by atoms with Gasteiger partial charge >= 0.3 is 0 Å². The number of nitrogens with zero attached hydrogens (tertiary/aromatic N) is 2. The van der Waals surface area contributed by atoms with Gasteiger partial charge in [-0.25, -0.2) is 0 Å². The van der Waals surface area contributed by atoms with Gasteiger partial charge in [0.2, 0.25) is 0 Å². The van der Waals surface area contributed by atoms with Gasteiger partial charge in [-0.3, -0.25) is 14.6 Å². The Bertz CT molecular complexity index is 908. The van der Waals surface area contributed by atoms with Crippen molar-refractivity contribution >= 4 is 23.0 Å². The van der Waals surface area contributed by atoms with E-state index in [1.165, 1.54) is 11.1 Å². The number of allylic oxidation sites excluding steroid dienone is 3. The van der Waals surface area contributed by atoms with E-state index in [1.54, 1.807) is 0 Å². The number of benzene rings is 2. The Kier molecular flexibility index (Phi) is 7.41. The number of carbonyl (C=O) groups excluding carboxylic acids is 1. The molecule has 2 aliphatic rings. The molecule has 1 aliphatic heterocycles. The molecule has 1 aliphatic carbocycles. The second kappa shape index (κ2) is 10.6. The van der Waals surface area contributed by atoms with Crippen LogP contribution in [0, 0.1) is 0 Å². The van der Waals surface area contributed by atoms with E-state index in [4.69, 9.17) is 12.2 Å². The molecule has 0 saturated carbocycles. The molecule has 0 atom stereocenters. The Hall–Kier alpha value is -2.60.